The lowest BCUT2D eigenvalue weighted by Gasteiger charge is -2.76. The van der Waals surface area contributed by atoms with E-state index >= 15 is 0 Å². The maximum absolute atomic E-state index is 12.3. The SMILES string of the molecule is C[C@H](N[S@@+]([O-])C(C)(C)C)C12CC(N(C(=O)O)C(C)(C)C)(C1)C2. The molecule has 6 heteroatoms. The maximum Gasteiger partial charge on any atom is 0.408 e. The highest BCUT2D eigenvalue weighted by atomic mass is 32.2. The van der Waals surface area contributed by atoms with Crippen LogP contribution in [0.15, 0.2) is 0 Å². The van der Waals surface area contributed by atoms with E-state index in [1.807, 2.05) is 41.5 Å². The molecule has 0 aromatic carbocycles. The van der Waals surface area contributed by atoms with Crippen molar-refractivity contribution in [1.29, 1.82) is 0 Å². The van der Waals surface area contributed by atoms with E-state index in [2.05, 4.69) is 11.6 Å². The number of carbonyl (C=O) groups is 1. The molecule has 1 amide bonds. The number of nitrogens with zero attached hydrogens (tertiary/aromatic N) is 1. The van der Waals surface area contributed by atoms with Gasteiger partial charge in [0.15, 0.2) is 0 Å². The summed E-state index contributed by atoms with van der Waals surface area (Å²) in [5.41, 5.74) is -0.480. The zero-order valence-electron chi connectivity index (χ0n) is 14.8. The minimum Gasteiger partial charge on any atom is -0.598 e. The van der Waals surface area contributed by atoms with Gasteiger partial charge in [0.25, 0.3) is 0 Å². The summed E-state index contributed by atoms with van der Waals surface area (Å²) in [5, 5.41) is 9.57. The average molecular weight is 330 g/mol. The number of hydrogen-bond donors (Lipinski definition) is 2. The van der Waals surface area contributed by atoms with Crippen molar-refractivity contribution in [2.75, 3.05) is 0 Å². The fourth-order valence-corrected chi connectivity index (χ4v) is 5.10. The average Bonchev–Trinajstić information content (AvgIpc) is 2.16. The van der Waals surface area contributed by atoms with Gasteiger partial charge >= 0.3 is 6.09 Å². The molecule has 0 aromatic rings. The largest absolute Gasteiger partial charge is 0.598 e. The topological polar surface area (TPSA) is 75.6 Å². The zero-order chi connectivity index (χ0) is 17.1. The molecule has 5 nitrogen and oxygen atoms in total. The van der Waals surface area contributed by atoms with Gasteiger partial charge in [0.1, 0.15) is 4.75 Å². The van der Waals surface area contributed by atoms with E-state index < -0.39 is 17.5 Å². The lowest BCUT2D eigenvalue weighted by molar-refractivity contribution is -0.235. The van der Waals surface area contributed by atoms with E-state index in [1.54, 1.807) is 4.90 Å². The molecule has 2 bridgehead atoms. The summed E-state index contributed by atoms with van der Waals surface area (Å²) in [4.78, 5) is 13.3. The molecule has 3 saturated carbocycles. The Hall–Kier alpha value is -0.460. The predicted molar refractivity (Wildman–Crippen MR) is 89.1 cm³/mol. The number of nitrogens with one attached hydrogen (secondary N) is 1. The Balaban J connectivity index is 2.01. The predicted octanol–water partition coefficient (Wildman–Crippen LogP) is 3.13. The van der Waals surface area contributed by atoms with Gasteiger partial charge in [0.2, 0.25) is 0 Å². The Morgan fingerprint density at radius 1 is 1.23 bits per heavy atom. The second-order valence-corrected chi connectivity index (χ2v) is 11.1. The number of carboxylic acid groups (broad SMARTS) is 1. The lowest BCUT2D eigenvalue weighted by atomic mass is 9.36. The van der Waals surface area contributed by atoms with Crippen LogP contribution in [0.4, 0.5) is 4.79 Å². The smallest absolute Gasteiger partial charge is 0.408 e. The summed E-state index contributed by atoms with van der Waals surface area (Å²) in [7, 11) is 0. The molecule has 0 unspecified atom stereocenters. The third-order valence-electron chi connectivity index (χ3n) is 5.14. The first-order valence-corrected chi connectivity index (χ1v) is 9.10. The highest BCUT2D eigenvalue weighted by Gasteiger charge is 2.74. The van der Waals surface area contributed by atoms with Gasteiger partial charge < -0.3 is 9.66 Å². The number of hydrogen-bond acceptors (Lipinski definition) is 3. The van der Waals surface area contributed by atoms with Crippen molar-refractivity contribution in [1.82, 2.24) is 9.62 Å². The first kappa shape index (κ1) is 17.9. The molecule has 3 rings (SSSR count). The van der Waals surface area contributed by atoms with Gasteiger partial charge in [-0.3, -0.25) is 4.90 Å². The molecule has 0 saturated heterocycles. The number of amides is 1. The zero-order valence-corrected chi connectivity index (χ0v) is 15.6. The molecule has 0 aliphatic heterocycles. The van der Waals surface area contributed by atoms with Crippen LogP contribution < -0.4 is 4.72 Å². The first-order valence-electron chi connectivity index (χ1n) is 7.95. The van der Waals surface area contributed by atoms with Gasteiger partial charge in [-0.25, -0.2) is 4.79 Å². The molecule has 2 N–H and O–H groups in total. The highest BCUT2D eigenvalue weighted by molar-refractivity contribution is 7.90. The monoisotopic (exact) mass is 330 g/mol. The molecule has 128 valence electrons. The standard InChI is InChI=1S/C16H30N2O3S/c1-11(17-22(21)14(5,6)7)15-8-16(9-15,10-15)18(12(19)20)13(2,3)4/h11,17H,8-10H2,1-7H3,(H,19,20)/t11-,15?,16?,22-/m0/s1. The Kier molecular flexibility index (Phi) is 4.08. The molecular formula is C16H30N2O3S. The Morgan fingerprint density at radius 3 is 2.00 bits per heavy atom. The van der Waals surface area contributed by atoms with Crippen LogP contribution in [0.25, 0.3) is 0 Å². The summed E-state index contributed by atoms with van der Waals surface area (Å²) >= 11 is -1.09. The van der Waals surface area contributed by atoms with Gasteiger partial charge in [0, 0.05) is 22.4 Å². The maximum atomic E-state index is 12.3. The van der Waals surface area contributed by atoms with E-state index in [1.165, 1.54) is 0 Å². The van der Waals surface area contributed by atoms with Gasteiger partial charge in [0.05, 0.1) is 6.04 Å². The molecule has 0 heterocycles. The minimum atomic E-state index is -1.09. The van der Waals surface area contributed by atoms with Gasteiger partial charge in [-0.05, 0) is 73.1 Å². The molecule has 0 aromatic heterocycles. The fourth-order valence-electron chi connectivity index (χ4n) is 4.17. The van der Waals surface area contributed by atoms with Crippen molar-refractivity contribution < 1.29 is 14.5 Å². The van der Waals surface area contributed by atoms with Crippen LogP contribution in [-0.4, -0.2) is 42.5 Å². The van der Waals surface area contributed by atoms with Crippen molar-refractivity contribution in [3.05, 3.63) is 0 Å². The van der Waals surface area contributed by atoms with E-state index in [-0.39, 0.29) is 27.3 Å². The second kappa shape index (κ2) is 5.02. The Labute approximate surface area is 137 Å². The summed E-state index contributed by atoms with van der Waals surface area (Å²) in [5.74, 6) is 0. The van der Waals surface area contributed by atoms with E-state index in [0.29, 0.717) is 0 Å². The van der Waals surface area contributed by atoms with Crippen LogP contribution in [0.3, 0.4) is 0 Å². The molecular weight excluding hydrogens is 300 g/mol. The molecule has 2 atom stereocenters. The number of rotatable bonds is 4. The molecule has 3 aliphatic rings. The van der Waals surface area contributed by atoms with E-state index in [4.69, 9.17) is 0 Å². The third-order valence-corrected chi connectivity index (χ3v) is 6.82. The van der Waals surface area contributed by atoms with Crippen LogP contribution in [0.2, 0.25) is 0 Å². The van der Waals surface area contributed by atoms with Crippen molar-refractivity contribution in [2.24, 2.45) is 5.41 Å². The van der Waals surface area contributed by atoms with Crippen molar-refractivity contribution in [2.45, 2.75) is 89.6 Å². The third kappa shape index (κ3) is 2.74. The lowest BCUT2D eigenvalue weighted by Crippen LogP contribution is -2.81. The van der Waals surface area contributed by atoms with Crippen molar-refractivity contribution in [3.63, 3.8) is 0 Å². The highest BCUT2D eigenvalue weighted by Crippen LogP contribution is 2.72. The minimum absolute atomic E-state index is 0.111. The molecule has 0 radical (unpaired) electrons. The molecule has 22 heavy (non-hydrogen) atoms. The Morgan fingerprint density at radius 2 is 1.68 bits per heavy atom. The molecule has 3 fully saturated rings. The van der Waals surface area contributed by atoms with Crippen LogP contribution >= 0.6 is 0 Å². The van der Waals surface area contributed by atoms with E-state index in [9.17, 15) is 14.5 Å². The fraction of sp³-hybridized carbons (Fsp3) is 0.938. The first-order chi connectivity index (χ1) is 9.74. The quantitative estimate of drug-likeness (QED) is 0.777. The summed E-state index contributed by atoms with van der Waals surface area (Å²) in [6, 6.07) is 0.144. The van der Waals surface area contributed by atoms with Crippen molar-refractivity contribution in [3.8, 4) is 0 Å². The van der Waals surface area contributed by atoms with E-state index in [0.717, 1.165) is 19.3 Å². The molecule has 3 aliphatic carbocycles. The molecule has 0 spiro atoms. The van der Waals surface area contributed by atoms with Gasteiger partial charge in [-0.1, -0.05) is 0 Å². The Bertz CT molecular complexity index is 447. The van der Waals surface area contributed by atoms with Crippen molar-refractivity contribution >= 4 is 17.5 Å². The normalized spacial score (nSPS) is 33.5. The summed E-state index contributed by atoms with van der Waals surface area (Å²) in [6.45, 7) is 13.8. The van der Waals surface area contributed by atoms with Gasteiger partial charge in [-0.2, -0.15) is 0 Å². The van der Waals surface area contributed by atoms with Crippen LogP contribution in [-0.2, 0) is 11.4 Å². The van der Waals surface area contributed by atoms with Gasteiger partial charge in [-0.15, -0.1) is 4.72 Å². The van der Waals surface area contributed by atoms with Crippen LogP contribution in [0, 0.1) is 5.41 Å². The van der Waals surface area contributed by atoms with Crippen LogP contribution in [0.5, 0.6) is 0 Å². The van der Waals surface area contributed by atoms with Crippen LogP contribution in [0.1, 0.15) is 67.7 Å². The second-order valence-electron chi connectivity index (χ2n) is 9.13. The summed E-state index contributed by atoms with van der Waals surface area (Å²) < 4.78 is 15.2. The summed E-state index contributed by atoms with van der Waals surface area (Å²) in [6.07, 6.45) is 1.79.